The minimum atomic E-state index is -0.419. The average Bonchev–Trinajstić information content (AvgIpc) is 2.44. The Kier molecular flexibility index (Phi) is 4.83. The number of nitrogens with two attached hydrogens (primary N) is 1. The Morgan fingerprint density at radius 1 is 1.05 bits per heavy atom. The van der Waals surface area contributed by atoms with Crippen LogP contribution in [-0.2, 0) is 11.2 Å². The van der Waals surface area contributed by atoms with Gasteiger partial charge in [0, 0.05) is 5.56 Å². The number of nitrogens with one attached hydrogen (secondary N) is 1. The van der Waals surface area contributed by atoms with Crippen LogP contribution in [0.2, 0.25) is 10.0 Å². The highest BCUT2D eigenvalue weighted by Gasteiger charge is 2.10. The summed E-state index contributed by atoms with van der Waals surface area (Å²) >= 11 is 11.9. The third-order valence-electron chi connectivity index (χ3n) is 2.79. The zero-order chi connectivity index (χ0) is 15.4. The van der Waals surface area contributed by atoms with E-state index in [1.54, 1.807) is 42.5 Å². The number of halogens is 2. The number of anilines is 1. The first-order chi connectivity index (χ1) is 9.97. The predicted molar refractivity (Wildman–Crippen MR) is 83.8 cm³/mol. The topological polar surface area (TPSA) is 72.2 Å². The van der Waals surface area contributed by atoms with Crippen LogP contribution in [-0.4, -0.2) is 11.8 Å². The summed E-state index contributed by atoms with van der Waals surface area (Å²) in [6.07, 6.45) is 0.141. The van der Waals surface area contributed by atoms with Gasteiger partial charge in [-0.3, -0.25) is 9.59 Å². The number of carbonyl (C=O) groups excluding carboxylic acids is 2. The van der Waals surface area contributed by atoms with Crippen molar-refractivity contribution in [2.75, 3.05) is 5.32 Å². The van der Waals surface area contributed by atoms with Gasteiger partial charge in [-0.2, -0.15) is 0 Å². The number of amides is 2. The van der Waals surface area contributed by atoms with E-state index < -0.39 is 5.91 Å². The van der Waals surface area contributed by atoms with Crippen molar-refractivity contribution in [1.82, 2.24) is 0 Å². The second kappa shape index (κ2) is 6.61. The Hall–Kier alpha value is -2.04. The Bertz CT molecular complexity index is 685. The van der Waals surface area contributed by atoms with Crippen LogP contribution in [0.15, 0.2) is 42.5 Å². The highest BCUT2D eigenvalue weighted by atomic mass is 35.5. The fraction of sp³-hybridized carbons (Fsp3) is 0.0667. The van der Waals surface area contributed by atoms with Crippen molar-refractivity contribution in [3.63, 3.8) is 0 Å². The minimum Gasteiger partial charge on any atom is -0.369 e. The Balaban J connectivity index is 2.13. The van der Waals surface area contributed by atoms with Crippen molar-refractivity contribution in [3.05, 3.63) is 63.6 Å². The Morgan fingerprint density at radius 2 is 1.71 bits per heavy atom. The summed E-state index contributed by atoms with van der Waals surface area (Å²) in [6, 6.07) is 11.6. The summed E-state index contributed by atoms with van der Waals surface area (Å²) in [6.45, 7) is 0. The molecule has 0 atom stereocenters. The SMILES string of the molecule is NC(=O)Cc1ccc(C(=O)Nc2cccc(Cl)c2Cl)cc1. The van der Waals surface area contributed by atoms with E-state index in [2.05, 4.69) is 5.32 Å². The lowest BCUT2D eigenvalue weighted by Crippen LogP contribution is -2.14. The summed E-state index contributed by atoms with van der Waals surface area (Å²) in [5.41, 5.74) is 6.74. The van der Waals surface area contributed by atoms with Crippen LogP contribution in [0.25, 0.3) is 0 Å². The molecule has 0 spiro atoms. The molecule has 3 N–H and O–H groups in total. The maximum atomic E-state index is 12.1. The van der Waals surface area contributed by atoms with Crippen molar-refractivity contribution in [3.8, 4) is 0 Å². The molecule has 2 rings (SSSR count). The van der Waals surface area contributed by atoms with Gasteiger partial charge in [-0.15, -0.1) is 0 Å². The van der Waals surface area contributed by atoms with Gasteiger partial charge >= 0.3 is 0 Å². The van der Waals surface area contributed by atoms with E-state index in [4.69, 9.17) is 28.9 Å². The van der Waals surface area contributed by atoms with E-state index >= 15 is 0 Å². The molecule has 0 saturated heterocycles. The lowest BCUT2D eigenvalue weighted by Gasteiger charge is -2.08. The molecule has 0 bridgehead atoms. The van der Waals surface area contributed by atoms with E-state index in [1.165, 1.54) is 0 Å². The summed E-state index contributed by atoms with van der Waals surface area (Å²) < 4.78 is 0. The predicted octanol–water partition coefficient (Wildman–Crippen LogP) is 3.27. The summed E-state index contributed by atoms with van der Waals surface area (Å²) in [4.78, 5) is 22.9. The molecular formula is C15H12Cl2N2O2. The van der Waals surface area contributed by atoms with E-state index in [0.717, 1.165) is 5.56 Å². The Labute approximate surface area is 131 Å². The maximum absolute atomic E-state index is 12.1. The first-order valence-corrected chi connectivity index (χ1v) is 6.85. The largest absolute Gasteiger partial charge is 0.369 e. The van der Waals surface area contributed by atoms with Crippen LogP contribution >= 0.6 is 23.2 Å². The number of carbonyl (C=O) groups is 2. The summed E-state index contributed by atoms with van der Waals surface area (Å²) in [5.74, 6) is -0.734. The molecule has 2 aromatic carbocycles. The molecule has 108 valence electrons. The van der Waals surface area contributed by atoms with Crippen molar-refractivity contribution in [2.45, 2.75) is 6.42 Å². The second-order valence-corrected chi connectivity index (χ2v) is 5.18. The van der Waals surface area contributed by atoms with Gasteiger partial charge in [0.1, 0.15) is 0 Å². The van der Waals surface area contributed by atoms with Crippen molar-refractivity contribution >= 4 is 40.7 Å². The summed E-state index contributed by atoms with van der Waals surface area (Å²) in [7, 11) is 0. The third kappa shape index (κ3) is 3.97. The van der Waals surface area contributed by atoms with Gasteiger partial charge < -0.3 is 11.1 Å². The van der Waals surface area contributed by atoms with Gasteiger partial charge in [-0.05, 0) is 29.8 Å². The third-order valence-corrected chi connectivity index (χ3v) is 3.61. The fourth-order valence-electron chi connectivity index (χ4n) is 1.77. The van der Waals surface area contributed by atoms with Crippen LogP contribution in [0, 0.1) is 0 Å². The smallest absolute Gasteiger partial charge is 0.255 e. The van der Waals surface area contributed by atoms with Gasteiger partial charge in [0.25, 0.3) is 5.91 Å². The first kappa shape index (κ1) is 15.4. The van der Waals surface area contributed by atoms with Crippen LogP contribution in [0.3, 0.4) is 0 Å². The van der Waals surface area contributed by atoms with Gasteiger partial charge in [0.2, 0.25) is 5.91 Å². The van der Waals surface area contributed by atoms with Crippen molar-refractivity contribution < 1.29 is 9.59 Å². The van der Waals surface area contributed by atoms with Crippen LogP contribution in [0.4, 0.5) is 5.69 Å². The number of hydrogen-bond donors (Lipinski definition) is 2. The van der Waals surface area contributed by atoms with Crippen molar-refractivity contribution in [2.24, 2.45) is 5.73 Å². The summed E-state index contributed by atoms with van der Waals surface area (Å²) in [5, 5.41) is 3.34. The second-order valence-electron chi connectivity index (χ2n) is 4.40. The van der Waals surface area contributed by atoms with E-state index in [1.807, 2.05) is 0 Å². The van der Waals surface area contributed by atoms with E-state index in [-0.39, 0.29) is 17.4 Å². The number of primary amides is 1. The molecule has 6 heteroatoms. The highest BCUT2D eigenvalue weighted by Crippen LogP contribution is 2.29. The molecule has 0 aliphatic rings. The molecule has 4 nitrogen and oxygen atoms in total. The standard InChI is InChI=1S/C15H12Cl2N2O2/c16-11-2-1-3-12(14(11)17)19-15(21)10-6-4-9(5-7-10)8-13(18)20/h1-7H,8H2,(H2,18,20)(H,19,21). The van der Waals surface area contributed by atoms with E-state index in [0.29, 0.717) is 16.3 Å². The lowest BCUT2D eigenvalue weighted by molar-refractivity contribution is -0.117. The monoisotopic (exact) mass is 322 g/mol. The lowest BCUT2D eigenvalue weighted by atomic mass is 10.1. The molecule has 0 saturated carbocycles. The molecule has 0 unspecified atom stereocenters. The quantitative estimate of drug-likeness (QED) is 0.906. The number of benzene rings is 2. The number of rotatable bonds is 4. The molecule has 0 fully saturated rings. The maximum Gasteiger partial charge on any atom is 0.255 e. The zero-order valence-electron chi connectivity index (χ0n) is 10.9. The van der Waals surface area contributed by atoms with Crippen LogP contribution in [0.5, 0.6) is 0 Å². The number of hydrogen-bond acceptors (Lipinski definition) is 2. The molecule has 0 radical (unpaired) electrons. The van der Waals surface area contributed by atoms with Crippen LogP contribution < -0.4 is 11.1 Å². The molecule has 0 aliphatic carbocycles. The van der Waals surface area contributed by atoms with Crippen molar-refractivity contribution in [1.29, 1.82) is 0 Å². The van der Waals surface area contributed by atoms with Gasteiger partial charge in [-0.1, -0.05) is 41.4 Å². The molecular weight excluding hydrogens is 311 g/mol. The molecule has 0 aliphatic heterocycles. The fourth-order valence-corrected chi connectivity index (χ4v) is 2.12. The molecule has 21 heavy (non-hydrogen) atoms. The minimum absolute atomic E-state index is 0.141. The van der Waals surface area contributed by atoms with Crippen LogP contribution in [0.1, 0.15) is 15.9 Å². The van der Waals surface area contributed by atoms with Gasteiger partial charge in [0.15, 0.2) is 0 Å². The highest BCUT2D eigenvalue weighted by molar-refractivity contribution is 6.44. The van der Waals surface area contributed by atoms with E-state index in [9.17, 15) is 9.59 Å². The normalized spacial score (nSPS) is 10.2. The van der Waals surface area contributed by atoms with Gasteiger partial charge in [0.05, 0.1) is 22.2 Å². The first-order valence-electron chi connectivity index (χ1n) is 6.10. The molecule has 2 aromatic rings. The molecule has 2 amide bonds. The van der Waals surface area contributed by atoms with Gasteiger partial charge in [-0.25, -0.2) is 0 Å². The molecule has 0 aromatic heterocycles. The molecule has 0 heterocycles. The zero-order valence-corrected chi connectivity index (χ0v) is 12.4. The average molecular weight is 323 g/mol. The Morgan fingerprint density at radius 3 is 2.33 bits per heavy atom.